The zero-order valence-electron chi connectivity index (χ0n) is 11.1. The molecule has 3 N–H and O–H groups in total. The Kier molecular flexibility index (Phi) is 4.22. The third kappa shape index (κ3) is 3.26. The van der Waals surface area contributed by atoms with Crippen LogP contribution in [-0.2, 0) is 0 Å². The number of benzene rings is 1. The molecule has 20 heavy (non-hydrogen) atoms. The lowest BCUT2D eigenvalue weighted by Gasteiger charge is -2.31. The highest BCUT2D eigenvalue weighted by Gasteiger charge is 2.25. The average Bonchev–Trinajstić information content (AvgIpc) is 2.28. The Hall–Kier alpha value is -2.11. The summed E-state index contributed by atoms with van der Waals surface area (Å²) in [7, 11) is 0. The molecule has 0 heterocycles. The van der Waals surface area contributed by atoms with E-state index in [1.165, 1.54) is 6.42 Å². The molecule has 1 aromatic rings. The molecule has 0 bridgehead atoms. The van der Waals surface area contributed by atoms with Gasteiger partial charge in [-0.2, -0.15) is 0 Å². The highest BCUT2D eigenvalue weighted by atomic mass is 19.1. The molecular formula is C14H17FN2O3. The number of amides is 2. The molecule has 1 aliphatic carbocycles. The topological polar surface area (TPSA) is 78.4 Å². The molecule has 5 nitrogen and oxygen atoms in total. The number of hydrogen-bond acceptors (Lipinski definition) is 2. The van der Waals surface area contributed by atoms with Crippen LogP contribution in [0.2, 0.25) is 0 Å². The van der Waals surface area contributed by atoms with Crippen LogP contribution in [-0.4, -0.2) is 23.1 Å². The Morgan fingerprint density at radius 1 is 1.40 bits per heavy atom. The molecule has 1 aliphatic rings. The molecule has 0 aromatic heterocycles. The summed E-state index contributed by atoms with van der Waals surface area (Å²) in [6, 6.07) is 2.78. The van der Waals surface area contributed by atoms with E-state index in [2.05, 4.69) is 10.6 Å². The average molecular weight is 280 g/mol. The third-order valence-corrected chi connectivity index (χ3v) is 3.68. The van der Waals surface area contributed by atoms with Crippen LogP contribution in [0, 0.1) is 11.7 Å². The van der Waals surface area contributed by atoms with Crippen molar-refractivity contribution in [3.8, 4) is 0 Å². The Morgan fingerprint density at radius 3 is 2.65 bits per heavy atom. The van der Waals surface area contributed by atoms with Gasteiger partial charge in [-0.25, -0.2) is 14.0 Å². The van der Waals surface area contributed by atoms with Crippen molar-refractivity contribution in [2.24, 2.45) is 5.92 Å². The fraction of sp³-hybridized carbons (Fsp3) is 0.429. The summed E-state index contributed by atoms with van der Waals surface area (Å²) < 4.78 is 13.5. The number of anilines is 1. The smallest absolute Gasteiger partial charge is 0.335 e. The maximum atomic E-state index is 13.5. The van der Waals surface area contributed by atoms with Crippen LogP contribution < -0.4 is 10.6 Å². The minimum Gasteiger partial charge on any atom is -0.478 e. The zero-order chi connectivity index (χ0) is 14.7. The quantitative estimate of drug-likeness (QED) is 0.793. The van der Waals surface area contributed by atoms with Gasteiger partial charge in [0.1, 0.15) is 5.82 Å². The molecule has 1 atom stereocenters. The summed E-state index contributed by atoms with van der Waals surface area (Å²) in [5, 5.41) is 13.9. The van der Waals surface area contributed by atoms with Crippen molar-refractivity contribution in [1.29, 1.82) is 0 Å². The lowest BCUT2D eigenvalue weighted by atomic mass is 9.80. The SMILES string of the molecule is CC(NC(=O)Nc1cc(C(=O)O)ccc1F)C1CCC1. The number of nitrogens with one attached hydrogen (secondary N) is 2. The van der Waals surface area contributed by atoms with Crippen molar-refractivity contribution < 1.29 is 19.1 Å². The van der Waals surface area contributed by atoms with Gasteiger partial charge >= 0.3 is 12.0 Å². The first-order valence-corrected chi connectivity index (χ1v) is 6.57. The maximum Gasteiger partial charge on any atom is 0.335 e. The number of halogens is 1. The van der Waals surface area contributed by atoms with Crippen molar-refractivity contribution in [2.45, 2.75) is 32.2 Å². The molecule has 0 aliphatic heterocycles. The van der Waals surface area contributed by atoms with E-state index in [0.29, 0.717) is 5.92 Å². The van der Waals surface area contributed by atoms with Gasteiger partial charge in [-0.05, 0) is 43.9 Å². The minimum absolute atomic E-state index is 0.0227. The Balaban J connectivity index is 1.99. The highest BCUT2D eigenvalue weighted by molar-refractivity contribution is 5.93. The second-order valence-electron chi connectivity index (χ2n) is 5.08. The summed E-state index contributed by atoms with van der Waals surface area (Å²) in [6.45, 7) is 1.91. The van der Waals surface area contributed by atoms with Crippen LogP contribution >= 0.6 is 0 Å². The molecule has 2 rings (SSSR count). The summed E-state index contributed by atoms with van der Waals surface area (Å²) in [5.41, 5.74) is -0.211. The third-order valence-electron chi connectivity index (χ3n) is 3.68. The molecule has 6 heteroatoms. The van der Waals surface area contributed by atoms with Crippen molar-refractivity contribution in [2.75, 3.05) is 5.32 Å². The second kappa shape index (κ2) is 5.90. The largest absolute Gasteiger partial charge is 0.478 e. The van der Waals surface area contributed by atoms with E-state index < -0.39 is 17.8 Å². The molecule has 108 valence electrons. The Labute approximate surface area is 116 Å². The summed E-state index contributed by atoms with van der Waals surface area (Å²) in [4.78, 5) is 22.6. The van der Waals surface area contributed by atoms with E-state index in [0.717, 1.165) is 31.0 Å². The summed E-state index contributed by atoms with van der Waals surface area (Å²) in [5.74, 6) is -1.37. The zero-order valence-corrected chi connectivity index (χ0v) is 11.1. The second-order valence-corrected chi connectivity index (χ2v) is 5.08. The molecule has 1 fully saturated rings. The Bertz CT molecular complexity index is 529. The van der Waals surface area contributed by atoms with E-state index in [1.807, 2.05) is 6.92 Å². The number of carboxylic acids is 1. The van der Waals surface area contributed by atoms with Gasteiger partial charge in [0.05, 0.1) is 11.3 Å². The van der Waals surface area contributed by atoms with Gasteiger partial charge < -0.3 is 15.7 Å². The maximum absolute atomic E-state index is 13.5. The fourth-order valence-corrected chi connectivity index (χ4v) is 2.18. The summed E-state index contributed by atoms with van der Waals surface area (Å²) in [6.07, 6.45) is 3.35. The molecular weight excluding hydrogens is 263 g/mol. The van der Waals surface area contributed by atoms with Crippen LogP contribution in [0.3, 0.4) is 0 Å². The standard InChI is InChI=1S/C14H17FN2O3/c1-8(9-3-2-4-9)16-14(20)17-12-7-10(13(18)19)5-6-11(12)15/h5-9H,2-4H2,1H3,(H,18,19)(H2,16,17,20). The van der Waals surface area contributed by atoms with E-state index in [4.69, 9.17) is 5.11 Å². The van der Waals surface area contributed by atoms with E-state index in [1.54, 1.807) is 0 Å². The number of carbonyl (C=O) groups is 2. The van der Waals surface area contributed by atoms with Gasteiger partial charge in [-0.3, -0.25) is 0 Å². The lowest BCUT2D eigenvalue weighted by Crippen LogP contribution is -2.42. The number of urea groups is 1. The lowest BCUT2D eigenvalue weighted by molar-refractivity contribution is 0.0697. The van der Waals surface area contributed by atoms with Gasteiger partial charge in [0.2, 0.25) is 0 Å². The van der Waals surface area contributed by atoms with Crippen LogP contribution in [0.4, 0.5) is 14.9 Å². The summed E-state index contributed by atoms with van der Waals surface area (Å²) >= 11 is 0. The van der Waals surface area contributed by atoms with Gasteiger partial charge in [0.25, 0.3) is 0 Å². The van der Waals surface area contributed by atoms with E-state index >= 15 is 0 Å². The first-order chi connectivity index (χ1) is 9.47. The fourth-order valence-electron chi connectivity index (χ4n) is 2.18. The number of rotatable bonds is 4. The van der Waals surface area contributed by atoms with Crippen molar-refractivity contribution in [1.82, 2.24) is 5.32 Å². The van der Waals surface area contributed by atoms with Crippen molar-refractivity contribution >= 4 is 17.7 Å². The van der Waals surface area contributed by atoms with Crippen LogP contribution in [0.15, 0.2) is 18.2 Å². The number of carbonyl (C=O) groups excluding carboxylic acids is 1. The normalized spacial score (nSPS) is 16.1. The molecule has 0 radical (unpaired) electrons. The molecule has 0 saturated heterocycles. The van der Waals surface area contributed by atoms with Crippen molar-refractivity contribution in [3.63, 3.8) is 0 Å². The monoisotopic (exact) mass is 280 g/mol. The first-order valence-electron chi connectivity index (χ1n) is 6.57. The minimum atomic E-state index is -1.17. The van der Waals surface area contributed by atoms with Crippen molar-refractivity contribution in [3.05, 3.63) is 29.6 Å². The predicted molar refractivity (Wildman–Crippen MR) is 72.3 cm³/mol. The van der Waals surface area contributed by atoms with Crippen LogP contribution in [0.5, 0.6) is 0 Å². The molecule has 1 aromatic carbocycles. The van der Waals surface area contributed by atoms with E-state index in [9.17, 15) is 14.0 Å². The predicted octanol–water partition coefficient (Wildman–Crippen LogP) is 2.83. The number of hydrogen-bond donors (Lipinski definition) is 3. The van der Waals surface area contributed by atoms with Crippen LogP contribution in [0.1, 0.15) is 36.5 Å². The first kappa shape index (κ1) is 14.3. The van der Waals surface area contributed by atoms with Gasteiger partial charge in [0, 0.05) is 6.04 Å². The molecule has 1 saturated carbocycles. The number of aromatic carboxylic acids is 1. The van der Waals surface area contributed by atoms with Gasteiger partial charge in [-0.1, -0.05) is 6.42 Å². The van der Waals surface area contributed by atoms with Gasteiger partial charge in [0.15, 0.2) is 0 Å². The molecule has 2 amide bonds. The van der Waals surface area contributed by atoms with E-state index in [-0.39, 0.29) is 17.3 Å². The molecule has 1 unspecified atom stereocenters. The van der Waals surface area contributed by atoms with Crippen LogP contribution in [0.25, 0.3) is 0 Å². The molecule has 0 spiro atoms. The number of carboxylic acid groups (broad SMARTS) is 1. The highest BCUT2D eigenvalue weighted by Crippen LogP contribution is 2.29. The Morgan fingerprint density at radius 2 is 2.10 bits per heavy atom. The van der Waals surface area contributed by atoms with Gasteiger partial charge in [-0.15, -0.1) is 0 Å².